The van der Waals surface area contributed by atoms with Gasteiger partial charge in [-0.3, -0.25) is 0 Å². The molecule has 1 aliphatic heterocycles. The van der Waals surface area contributed by atoms with Gasteiger partial charge in [0.05, 0.1) is 0 Å². The molecule has 0 fully saturated rings. The van der Waals surface area contributed by atoms with Crippen LogP contribution < -0.4 is 0 Å². The highest BCUT2D eigenvalue weighted by Crippen LogP contribution is 2.85. The molecule has 0 bridgehead atoms. The standard InChI is InChI=1S/C6H5F5N3P3S/c7-15(8)12-16(9,10)14-17(11,13-15)18-6-4-2-1-3-5-6/h1-5H. The second-order valence-corrected chi connectivity index (χ2v) is 10.6. The van der Waals surface area contributed by atoms with Gasteiger partial charge in [-0.25, -0.2) is 0 Å². The van der Waals surface area contributed by atoms with Gasteiger partial charge in [0.1, 0.15) is 0 Å². The molecule has 100 valence electrons. The summed E-state index contributed by atoms with van der Waals surface area (Å²) in [6.07, 6.45) is 0. The fourth-order valence-electron chi connectivity index (χ4n) is 1.10. The summed E-state index contributed by atoms with van der Waals surface area (Å²) in [6, 6.07) is 7.51. The van der Waals surface area contributed by atoms with Crippen molar-refractivity contribution in [3.05, 3.63) is 30.3 Å². The van der Waals surface area contributed by atoms with Gasteiger partial charge in [-0.15, -0.1) is 30.3 Å². The molecule has 12 heteroatoms. The summed E-state index contributed by atoms with van der Waals surface area (Å²) in [6.45, 7) is -4.66. The van der Waals surface area contributed by atoms with E-state index in [-0.39, 0.29) is 16.3 Å². The fraction of sp³-hybridized carbons (Fsp3) is 0. The molecule has 0 amide bonds. The third-order valence-electron chi connectivity index (χ3n) is 1.62. The van der Waals surface area contributed by atoms with Crippen LogP contribution in [0.2, 0.25) is 0 Å². The minimum atomic E-state index is -5.61. The molecule has 1 aliphatic rings. The lowest BCUT2D eigenvalue weighted by molar-refractivity contribution is 0.698. The van der Waals surface area contributed by atoms with Gasteiger partial charge in [-0.2, -0.15) is 4.20 Å². The first-order chi connectivity index (χ1) is 8.20. The number of nitrogens with zero attached hydrogens (tertiary/aromatic N) is 3. The SMILES string of the molecule is FP1(F)=NP(F)(F)=NP(F)(Sc2ccccc2)=N1. The largest absolute Gasteiger partial charge is 0.424 e. The van der Waals surface area contributed by atoms with Crippen LogP contribution in [0.1, 0.15) is 0 Å². The van der Waals surface area contributed by atoms with Crippen LogP contribution in [0, 0.1) is 0 Å². The predicted molar refractivity (Wildman–Crippen MR) is 65.9 cm³/mol. The minimum Gasteiger partial charge on any atom is -0.170 e. The quantitative estimate of drug-likeness (QED) is 0.406. The average molecular weight is 339 g/mol. The Labute approximate surface area is 104 Å². The van der Waals surface area contributed by atoms with Crippen LogP contribution in [-0.4, -0.2) is 0 Å². The maximum Gasteiger partial charge on any atom is 0.424 e. The summed E-state index contributed by atoms with van der Waals surface area (Å²) >= 11 is 0.218. The molecule has 0 spiro atoms. The molecule has 1 unspecified atom stereocenters. The summed E-state index contributed by atoms with van der Waals surface area (Å²) in [7, 11) is -11.2. The molecule has 1 aromatic carbocycles. The van der Waals surface area contributed by atoms with Crippen LogP contribution in [0.3, 0.4) is 0 Å². The van der Waals surface area contributed by atoms with Crippen LogP contribution in [-0.2, 0) is 0 Å². The van der Waals surface area contributed by atoms with Crippen molar-refractivity contribution < 1.29 is 21.0 Å². The normalized spacial score (nSPS) is 28.7. The van der Waals surface area contributed by atoms with Gasteiger partial charge in [0.15, 0.2) is 0 Å². The molecular weight excluding hydrogens is 334 g/mol. The molecule has 0 saturated heterocycles. The molecule has 1 atom stereocenters. The van der Waals surface area contributed by atoms with E-state index in [0.29, 0.717) is 0 Å². The zero-order chi connectivity index (χ0) is 13.4. The molecule has 0 N–H and O–H groups in total. The average Bonchev–Trinajstić information content (AvgIpc) is 2.11. The van der Waals surface area contributed by atoms with Crippen molar-refractivity contribution >= 4 is 33.8 Å². The summed E-state index contributed by atoms with van der Waals surface area (Å²) in [5.74, 6) is 0. The Morgan fingerprint density at radius 1 is 0.778 bits per heavy atom. The highest BCUT2D eigenvalue weighted by atomic mass is 32.7. The molecular formula is C6H5F5N3P3S. The van der Waals surface area contributed by atoms with Crippen molar-refractivity contribution in [2.75, 3.05) is 0 Å². The third kappa shape index (κ3) is 3.70. The van der Waals surface area contributed by atoms with Crippen molar-refractivity contribution in [3.63, 3.8) is 0 Å². The van der Waals surface area contributed by atoms with Crippen molar-refractivity contribution in [3.8, 4) is 0 Å². The number of hydrogen-bond donors (Lipinski definition) is 0. The fourth-order valence-corrected chi connectivity index (χ4v) is 9.90. The van der Waals surface area contributed by atoms with Crippen LogP contribution >= 0.6 is 33.8 Å². The van der Waals surface area contributed by atoms with E-state index in [0.717, 1.165) is 0 Å². The van der Waals surface area contributed by atoms with E-state index >= 15 is 0 Å². The maximum absolute atomic E-state index is 14.0. The Kier molecular flexibility index (Phi) is 3.81. The first kappa shape index (κ1) is 14.3. The molecule has 3 nitrogen and oxygen atoms in total. The summed E-state index contributed by atoms with van der Waals surface area (Å²) in [5, 5.41) is 0. The first-order valence-electron chi connectivity index (χ1n) is 4.34. The Hall–Kier alpha value is -0.0900. The van der Waals surface area contributed by atoms with E-state index in [2.05, 4.69) is 9.03 Å². The Morgan fingerprint density at radius 2 is 1.33 bits per heavy atom. The molecule has 0 radical (unpaired) electrons. The van der Waals surface area contributed by atoms with Crippen molar-refractivity contribution in [2.45, 2.75) is 4.90 Å². The van der Waals surface area contributed by atoms with Crippen molar-refractivity contribution in [1.82, 2.24) is 0 Å². The molecule has 1 aromatic rings. The summed E-state index contributed by atoms with van der Waals surface area (Å²) < 4.78 is 72.8. The van der Waals surface area contributed by atoms with E-state index in [1.165, 1.54) is 24.3 Å². The first-order valence-corrected chi connectivity index (χ1v) is 10.3. The lowest BCUT2D eigenvalue weighted by Crippen LogP contribution is -1.72. The van der Waals surface area contributed by atoms with Crippen molar-refractivity contribution in [1.29, 1.82) is 0 Å². The zero-order valence-corrected chi connectivity index (χ0v) is 11.9. The summed E-state index contributed by atoms with van der Waals surface area (Å²) in [5.41, 5.74) is 0. The highest BCUT2D eigenvalue weighted by Gasteiger charge is 2.39. The molecule has 18 heavy (non-hydrogen) atoms. The second kappa shape index (κ2) is 4.78. The van der Waals surface area contributed by atoms with Crippen LogP contribution in [0.25, 0.3) is 0 Å². The number of halogens is 5. The zero-order valence-electron chi connectivity index (χ0n) is 8.37. The number of benzene rings is 1. The third-order valence-corrected chi connectivity index (χ3v) is 10.2. The molecule has 2 rings (SSSR count). The number of rotatable bonds is 2. The van der Waals surface area contributed by atoms with Crippen molar-refractivity contribution in [2.24, 2.45) is 13.5 Å². The monoisotopic (exact) mass is 339 g/mol. The molecule has 1 heterocycles. The highest BCUT2D eigenvalue weighted by molar-refractivity contribution is 8.57. The van der Waals surface area contributed by atoms with Crippen LogP contribution in [0.15, 0.2) is 48.8 Å². The van der Waals surface area contributed by atoms with Gasteiger partial charge in [0, 0.05) is 4.90 Å². The topological polar surface area (TPSA) is 37.1 Å². The van der Waals surface area contributed by atoms with Gasteiger partial charge in [-0.1, -0.05) is 18.2 Å². The number of hydrogen-bond acceptors (Lipinski definition) is 4. The predicted octanol–water partition coefficient (Wildman–Crippen LogP) is 7.48. The van der Waals surface area contributed by atoms with Gasteiger partial charge >= 0.3 is 22.4 Å². The smallest absolute Gasteiger partial charge is 0.170 e. The van der Waals surface area contributed by atoms with Gasteiger partial charge < -0.3 is 0 Å². The van der Waals surface area contributed by atoms with Crippen LogP contribution in [0.5, 0.6) is 0 Å². The lowest BCUT2D eigenvalue weighted by Gasteiger charge is -2.15. The van der Waals surface area contributed by atoms with Gasteiger partial charge in [0.2, 0.25) is 0 Å². The van der Waals surface area contributed by atoms with Gasteiger partial charge in [0.25, 0.3) is 0 Å². The van der Waals surface area contributed by atoms with E-state index in [1.807, 2.05) is 4.52 Å². The Balaban J connectivity index is 2.47. The molecule has 0 saturated carbocycles. The van der Waals surface area contributed by atoms with E-state index < -0.39 is 22.4 Å². The Morgan fingerprint density at radius 3 is 1.89 bits per heavy atom. The van der Waals surface area contributed by atoms with E-state index in [4.69, 9.17) is 0 Å². The Bertz CT molecular complexity index is 613. The molecule has 0 aromatic heterocycles. The second-order valence-electron chi connectivity index (χ2n) is 3.06. The lowest BCUT2D eigenvalue weighted by atomic mass is 10.4. The van der Waals surface area contributed by atoms with E-state index in [1.54, 1.807) is 6.07 Å². The summed E-state index contributed by atoms with van der Waals surface area (Å²) in [4.78, 5) is 0.225. The van der Waals surface area contributed by atoms with E-state index in [9.17, 15) is 21.0 Å². The minimum absolute atomic E-state index is 0.218. The molecule has 0 aliphatic carbocycles. The maximum atomic E-state index is 14.0. The van der Waals surface area contributed by atoms with Crippen LogP contribution in [0.4, 0.5) is 21.0 Å². The van der Waals surface area contributed by atoms with Gasteiger partial charge in [-0.05, 0) is 23.5 Å².